The lowest BCUT2D eigenvalue weighted by molar-refractivity contribution is -0.118. The summed E-state index contributed by atoms with van der Waals surface area (Å²) in [6.45, 7) is 0. The number of carbonyl (C=O) groups is 1. The van der Waals surface area contributed by atoms with Crippen LogP contribution in [0.5, 0.6) is 0 Å². The Morgan fingerprint density at radius 2 is 1.39 bits per heavy atom. The maximum atomic E-state index is 13.2. The third-order valence-electron chi connectivity index (χ3n) is 2.65. The van der Waals surface area contributed by atoms with Gasteiger partial charge in [0.2, 0.25) is 5.91 Å². The highest BCUT2D eigenvalue weighted by Crippen LogP contribution is 2.25. The van der Waals surface area contributed by atoms with Crippen LogP contribution in [0.15, 0.2) is 48.5 Å². The normalized spacial score (nSPS) is 10.6. The van der Waals surface area contributed by atoms with E-state index in [4.69, 9.17) is 5.73 Å². The van der Waals surface area contributed by atoms with Gasteiger partial charge in [-0.3, -0.25) is 4.79 Å². The smallest absolute Gasteiger partial charge is 0.229 e. The molecular weight excluding hydrogens is 236 g/mol. The summed E-state index contributed by atoms with van der Waals surface area (Å²) in [6.07, 6.45) is 0. The molecule has 0 atom stereocenters. The number of amides is 1. The predicted molar refractivity (Wildman–Crippen MR) is 63.8 cm³/mol. The van der Waals surface area contributed by atoms with Crippen LogP contribution in [0.3, 0.4) is 0 Å². The summed E-state index contributed by atoms with van der Waals surface area (Å²) in [4.78, 5) is 11.5. The molecule has 2 rings (SSSR count). The van der Waals surface area contributed by atoms with Crippen LogP contribution < -0.4 is 5.73 Å². The molecule has 2 N–H and O–H groups in total. The topological polar surface area (TPSA) is 43.1 Å². The maximum Gasteiger partial charge on any atom is 0.229 e. The van der Waals surface area contributed by atoms with Crippen LogP contribution in [0, 0.1) is 11.6 Å². The van der Waals surface area contributed by atoms with Crippen molar-refractivity contribution in [3.05, 3.63) is 71.3 Å². The Balaban J connectivity index is 2.50. The van der Waals surface area contributed by atoms with E-state index in [0.717, 1.165) is 0 Å². The number of carbonyl (C=O) groups excluding carboxylic acids is 1. The van der Waals surface area contributed by atoms with Gasteiger partial charge in [-0.1, -0.05) is 24.3 Å². The SMILES string of the molecule is NC(=O)C(c1cccc(F)c1)c1cccc(F)c1. The number of halogens is 2. The number of benzene rings is 2. The minimum Gasteiger partial charge on any atom is -0.369 e. The molecule has 0 radical (unpaired) electrons. The number of rotatable bonds is 3. The first-order chi connectivity index (χ1) is 8.58. The zero-order valence-electron chi connectivity index (χ0n) is 9.44. The van der Waals surface area contributed by atoms with E-state index < -0.39 is 23.5 Å². The van der Waals surface area contributed by atoms with Gasteiger partial charge in [-0.25, -0.2) is 8.78 Å². The molecule has 1 amide bonds. The molecular formula is C14H11F2NO. The second-order valence-electron chi connectivity index (χ2n) is 3.95. The van der Waals surface area contributed by atoms with Crippen molar-refractivity contribution in [3.8, 4) is 0 Å². The van der Waals surface area contributed by atoms with Gasteiger partial charge in [0.25, 0.3) is 0 Å². The molecule has 2 aromatic carbocycles. The molecule has 0 bridgehead atoms. The zero-order chi connectivity index (χ0) is 13.1. The molecule has 2 aromatic rings. The minimum absolute atomic E-state index is 0.410. The van der Waals surface area contributed by atoms with E-state index in [9.17, 15) is 13.6 Å². The van der Waals surface area contributed by atoms with Crippen LogP contribution in [0.2, 0.25) is 0 Å². The lowest BCUT2D eigenvalue weighted by Crippen LogP contribution is -2.22. The van der Waals surface area contributed by atoms with Gasteiger partial charge in [-0.2, -0.15) is 0 Å². The van der Waals surface area contributed by atoms with E-state index in [-0.39, 0.29) is 0 Å². The van der Waals surface area contributed by atoms with Gasteiger partial charge < -0.3 is 5.73 Å². The lowest BCUT2D eigenvalue weighted by Gasteiger charge is -2.14. The summed E-state index contributed by atoms with van der Waals surface area (Å²) < 4.78 is 26.3. The standard InChI is InChI=1S/C14H11F2NO/c15-11-5-1-3-9(7-11)13(14(17)18)10-4-2-6-12(16)8-10/h1-8,13H,(H2,17,18). The third-order valence-corrected chi connectivity index (χ3v) is 2.65. The molecule has 0 unspecified atom stereocenters. The van der Waals surface area contributed by atoms with Gasteiger partial charge in [0.05, 0.1) is 5.92 Å². The van der Waals surface area contributed by atoms with Crippen molar-refractivity contribution in [2.45, 2.75) is 5.92 Å². The van der Waals surface area contributed by atoms with Crippen molar-refractivity contribution in [1.29, 1.82) is 0 Å². The van der Waals surface area contributed by atoms with E-state index >= 15 is 0 Å². The fourth-order valence-corrected chi connectivity index (χ4v) is 1.89. The predicted octanol–water partition coefficient (Wildman–Crippen LogP) is 2.58. The van der Waals surface area contributed by atoms with Crippen LogP contribution in [0.1, 0.15) is 17.0 Å². The van der Waals surface area contributed by atoms with E-state index in [1.54, 1.807) is 12.1 Å². The molecule has 0 spiro atoms. The van der Waals surface area contributed by atoms with E-state index in [0.29, 0.717) is 11.1 Å². The Bertz CT molecular complexity index is 538. The van der Waals surface area contributed by atoms with Crippen molar-refractivity contribution in [2.75, 3.05) is 0 Å². The van der Waals surface area contributed by atoms with E-state index in [1.165, 1.54) is 36.4 Å². The Hall–Kier alpha value is -2.23. The maximum absolute atomic E-state index is 13.2. The second-order valence-corrected chi connectivity index (χ2v) is 3.95. The summed E-state index contributed by atoms with van der Waals surface area (Å²) >= 11 is 0. The molecule has 18 heavy (non-hydrogen) atoms. The monoisotopic (exact) mass is 247 g/mol. The van der Waals surface area contributed by atoms with Crippen molar-refractivity contribution >= 4 is 5.91 Å². The minimum atomic E-state index is -0.851. The Labute approximate surface area is 103 Å². The Kier molecular flexibility index (Phi) is 3.37. The van der Waals surface area contributed by atoms with Crippen LogP contribution >= 0.6 is 0 Å². The molecule has 0 aromatic heterocycles. The molecule has 0 aliphatic rings. The Morgan fingerprint density at radius 3 is 1.72 bits per heavy atom. The molecule has 0 aliphatic heterocycles. The van der Waals surface area contributed by atoms with Gasteiger partial charge in [-0.15, -0.1) is 0 Å². The fraction of sp³-hybridized carbons (Fsp3) is 0.0714. The summed E-state index contributed by atoms with van der Waals surface area (Å²) in [5.41, 5.74) is 6.14. The quantitative estimate of drug-likeness (QED) is 0.890. The first kappa shape index (κ1) is 12.2. The molecule has 0 fully saturated rings. The highest BCUT2D eigenvalue weighted by molar-refractivity contribution is 5.85. The molecule has 0 aliphatic carbocycles. The van der Waals surface area contributed by atoms with Crippen molar-refractivity contribution in [1.82, 2.24) is 0 Å². The summed E-state index contributed by atoms with van der Waals surface area (Å²) in [6, 6.07) is 11.1. The van der Waals surface area contributed by atoms with Gasteiger partial charge in [0.1, 0.15) is 11.6 Å². The van der Waals surface area contributed by atoms with Gasteiger partial charge in [0, 0.05) is 0 Å². The first-order valence-corrected chi connectivity index (χ1v) is 5.38. The molecule has 0 saturated carbocycles. The molecule has 92 valence electrons. The van der Waals surface area contributed by atoms with Crippen LogP contribution in [0.25, 0.3) is 0 Å². The highest BCUT2D eigenvalue weighted by atomic mass is 19.1. The van der Waals surface area contributed by atoms with Gasteiger partial charge in [-0.05, 0) is 35.4 Å². The average Bonchev–Trinajstić information content (AvgIpc) is 2.28. The van der Waals surface area contributed by atoms with Crippen LogP contribution in [-0.2, 0) is 4.79 Å². The Morgan fingerprint density at radius 1 is 0.944 bits per heavy atom. The summed E-state index contributed by atoms with van der Waals surface area (Å²) in [7, 11) is 0. The van der Waals surface area contributed by atoms with Crippen LogP contribution in [0.4, 0.5) is 8.78 Å². The van der Waals surface area contributed by atoms with Gasteiger partial charge in [0.15, 0.2) is 0 Å². The van der Waals surface area contributed by atoms with Crippen LogP contribution in [-0.4, -0.2) is 5.91 Å². The lowest BCUT2D eigenvalue weighted by atomic mass is 9.90. The summed E-state index contributed by atoms with van der Waals surface area (Å²) in [5.74, 6) is -2.42. The molecule has 0 saturated heterocycles. The third kappa shape index (κ3) is 2.53. The largest absolute Gasteiger partial charge is 0.369 e. The zero-order valence-corrected chi connectivity index (χ0v) is 9.44. The molecule has 0 heterocycles. The summed E-state index contributed by atoms with van der Waals surface area (Å²) in [5, 5.41) is 0. The molecule has 2 nitrogen and oxygen atoms in total. The number of hydrogen-bond donors (Lipinski definition) is 1. The number of hydrogen-bond acceptors (Lipinski definition) is 1. The van der Waals surface area contributed by atoms with Gasteiger partial charge >= 0.3 is 0 Å². The number of primary amides is 1. The van der Waals surface area contributed by atoms with E-state index in [2.05, 4.69) is 0 Å². The number of nitrogens with two attached hydrogens (primary N) is 1. The average molecular weight is 247 g/mol. The highest BCUT2D eigenvalue weighted by Gasteiger charge is 2.20. The first-order valence-electron chi connectivity index (χ1n) is 5.38. The second kappa shape index (κ2) is 4.96. The fourth-order valence-electron chi connectivity index (χ4n) is 1.89. The molecule has 4 heteroatoms. The van der Waals surface area contributed by atoms with Crippen molar-refractivity contribution < 1.29 is 13.6 Å². The van der Waals surface area contributed by atoms with Crippen molar-refractivity contribution in [3.63, 3.8) is 0 Å². The van der Waals surface area contributed by atoms with Crippen molar-refractivity contribution in [2.24, 2.45) is 5.73 Å². The van der Waals surface area contributed by atoms with E-state index in [1.807, 2.05) is 0 Å².